The van der Waals surface area contributed by atoms with Crippen molar-refractivity contribution in [1.82, 2.24) is 25.9 Å². The summed E-state index contributed by atoms with van der Waals surface area (Å²) in [6, 6.07) is 9.96. The van der Waals surface area contributed by atoms with E-state index in [2.05, 4.69) is 25.9 Å². The molecule has 0 spiro atoms. The van der Waals surface area contributed by atoms with Gasteiger partial charge in [-0.2, -0.15) is 0 Å². The fourth-order valence-electron chi connectivity index (χ4n) is 3.73. The molecule has 1 aliphatic heterocycles. The molecule has 1 unspecified atom stereocenters. The van der Waals surface area contributed by atoms with Gasteiger partial charge in [0.15, 0.2) is 11.5 Å². The predicted octanol–water partition coefficient (Wildman–Crippen LogP) is 2.42. The van der Waals surface area contributed by atoms with Crippen molar-refractivity contribution in [2.24, 2.45) is 0 Å². The number of hydrogen-bond acceptors (Lipinski definition) is 6. The van der Waals surface area contributed by atoms with Crippen LogP contribution in [0.3, 0.4) is 0 Å². The summed E-state index contributed by atoms with van der Waals surface area (Å²) < 4.78 is 27.6. The van der Waals surface area contributed by atoms with Crippen molar-refractivity contribution in [3.63, 3.8) is 0 Å². The normalized spacial score (nSPS) is 15.5. The molecule has 2 aromatic carbocycles. The van der Waals surface area contributed by atoms with Crippen LogP contribution in [0.25, 0.3) is 11.3 Å². The summed E-state index contributed by atoms with van der Waals surface area (Å²) in [5, 5.41) is 8.66. The summed E-state index contributed by atoms with van der Waals surface area (Å²) in [6.45, 7) is 1.29. The second kappa shape index (κ2) is 10.3. The Labute approximate surface area is 195 Å². The SMILES string of the molecule is Nc1ncc(-c2cccc(C(=O)NCc3c(F)cccc3F)c2)nc1C(=O)NC1CCCNC1. The second-order valence-corrected chi connectivity index (χ2v) is 7.97. The van der Waals surface area contributed by atoms with Gasteiger partial charge in [0.25, 0.3) is 11.8 Å². The fraction of sp³-hybridized carbons (Fsp3) is 0.250. The van der Waals surface area contributed by atoms with Crippen LogP contribution in [0.1, 0.15) is 39.3 Å². The Hall–Kier alpha value is -3.92. The number of anilines is 1. The van der Waals surface area contributed by atoms with Gasteiger partial charge in [-0.25, -0.2) is 18.7 Å². The van der Waals surface area contributed by atoms with Gasteiger partial charge < -0.3 is 21.7 Å². The van der Waals surface area contributed by atoms with Crippen molar-refractivity contribution < 1.29 is 18.4 Å². The quantitative estimate of drug-likeness (QED) is 0.443. The number of carbonyl (C=O) groups excluding carboxylic acids is 2. The summed E-state index contributed by atoms with van der Waals surface area (Å²) in [5.74, 6) is -2.40. The van der Waals surface area contributed by atoms with Crippen LogP contribution in [-0.4, -0.2) is 40.9 Å². The minimum atomic E-state index is -0.735. The van der Waals surface area contributed by atoms with Crippen LogP contribution in [-0.2, 0) is 6.54 Å². The van der Waals surface area contributed by atoms with E-state index in [1.165, 1.54) is 12.3 Å². The summed E-state index contributed by atoms with van der Waals surface area (Å²) in [4.78, 5) is 33.8. The molecule has 0 bridgehead atoms. The number of benzene rings is 2. The number of nitrogen functional groups attached to an aromatic ring is 1. The van der Waals surface area contributed by atoms with Gasteiger partial charge in [0.05, 0.1) is 11.9 Å². The molecule has 1 fully saturated rings. The molecule has 8 nitrogen and oxygen atoms in total. The lowest BCUT2D eigenvalue weighted by atomic mass is 10.1. The maximum absolute atomic E-state index is 13.8. The molecule has 0 aliphatic carbocycles. The summed E-state index contributed by atoms with van der Waals surface area (Å²) in [6.07, 6.45) is 3.24. The van der Waals surface area contributed by atoms with Gasteiger partial charge in [-0.05, 0) is 43.7 Å². The molecule has 0 radical (unpaired) electrons. The number of piperidine rings is 1. The first kappa shape index (κ1) is 23.2. The van der Waals surface area contributed by atoms with E-state index in [1.807, 2.05) is 0 Å². The Morgan fingerprint density at radius 1 is 1.12 bits per heavy atom. The number of amides is 2. The van der Waals surface area contributed by atoms with E-state index >= 15 is 0 Å². The lowest BCUT2D eigenvalue weighted by molar-refractivity contribution is 0.0923. The minimum Gasteiger partial charge on any atom is -0.382 e. The van der Waals surface area contributed by atoms with E-state index in [4.69, 9.17) is 5.73 Å². The molecule has 2 amide bonds. The van der Waals surface area contributed by atoms with Crippen LogP contribution in [0, 0.1) is 11.6 Å². The second-order valence-electron chi connectivity index (χ2n) is 7.97. The molecular formula is C24H24F2N6O2. The number of nitrogens with zero attached hydrogens (tertiary/aromatic N) is 2. The highest BCUT2D eigenvalue weighted by molar-refractivity contribution is 5.97. The molecular weight excluding hydrogens is 442 g/mol. The first-order chi connectivity index (χ1) is 16.4. The van der Waals surface area contributed by atoms with Crippen LogP contribution in [0.5, 0.6) is 0 Å². The fourth-order valence-corrected chi connectivity index (χ4v) is 3.73. The Bertz CT molecular complexity index is 1190. The molecule has 1 aliphatic rings. The number of nitrogens with one attached hydrogen (secondary N) is 3. The average Bonchev–Trinajstić information content (AvgIpc) is 2.84. The number of carbonyl (C=O) groups is 2. The number of nitrogens with two attached hydrogens (primary N) is 1. The molecule has 1 aromatic heterocycles. The molecule has 10 heteroatoms. The van der Waals surface area contributed by atoms with Gasteiger partial charge in [-0.3, -0.25) is 9.59 Å². The number of rotatable bonds is 6. The topological polar surface area (TPSA) is 122 Å². The van der Waals surface area contributed by atoms with E-state index in [0.29, 0.717) is 17.8 Å². The molecule has 4 rings (SSSR count). The number of halogens is 2. The smallest absolute Gasteiger partial charge is 0.274 e. The van der Waals surface area contributed by atoms with Crippen molar-refractivity contribution in [1.29, 1.82) is 0 Å². The van der Waals surface area contributed by atoms with E-state index < -0.39 is 23.4 Å². The molecule has 0 saturated carbocycles. The molecule has 1 saturated heterocycles. The maximum atomic E-state index is 13.8. The Kier molecular flexibility index (Phi) is 7.07. The Morgan fingerprint density at radius 3 is 2.62 bits per heavy atom. The summed E-state index contributed by atoms with van der Waals surface area (Å²) in [5.41, 5.74) is 6.83. The van der Waals surface area contributed by atoms with Gasteiger partial charge in [-0.1, -0.05) is 18.2 Å². The third-order valence-corrected chi connectivity index (χ3v) is 5.56. The van der Waals surface area contributed by atoms with E-state index in [1.54, 1.807) is 24.3 Å². The highest BCUT2D eigenvalue weighted by atomic mass is 19.1. The number of aromatic nitrogens is 2. The molecule has 3 aromatic rings. The molecule has 2 heterocycles. The summed E-state index contributed by atoms with van der Waals surface area (Å²) in [7, 11) is 0. The summed E-state index contributed by atoms with van der Waals surface area (Å²) >= 11 is 0. The van der Waals surface area contributed by atoms with Crippen LogP contribution in [0.2, 0.25) is 0 Å². The lowest BCUT2D eigenvalue weighted by Gasteiger charge is -2.23. The van der Waals surface area contributed by atoms with Gasteiger partial charge in [0.1, 0.15) is 11.6 Å². The third-order valence-electron chi connectivity index (χ3n) is 5.56. The van der Waals surface area contributed by atoms with Crippen molar-refractivity contribution in [3.05, 3.63) is 77.1 Å². The van der Waals surface area contributed by atoms with Crippen LogP contribution in [0.15, 0.2) is 48.7 Å². The van der Waals surface area contributed by atoms with Crippen molar-refractivity contribution in [3.8, 4) is 11.3 Å². The monoisotopic (exact) mass is 466 g/mol. The standard InChI is InChI=1S/C24H24F2N6O2/c25-18-7-2-8-19(26)17(18)12-30-23(33)15-5-1-4-14(10-15)20-13-29-22(27)21(32-20)24(34)31-16-6-3-9-28-11-16/h1-2,4-5,7-8,10,13,16,28H,3,6,9,11-12H2,(H2,27,29)(H,30,33)(H,31,34). The number of hydrogen-bond donors (Lipinski definition) is 4. The highest BCUT2D eigenvalue weighted by Crippen LogP contribution is 2.20. The zero-order valence-electron chi connectivity index (χ0n) is 18.3. The zero-order chi connectivity index (χ0) is 24.1. The molecule has 1 atom stereocenters. The lowest BCUT2D eigenvalue weighted by Crippen LogP contribution is -2.46. The van der Waals surface area contributed by atoms with Crippen LogP contribution >= 0.6 is 0 Å². The molecule has 176 valence electrons. The van der Waals surface area contributed by atoms with Crippen molar-refractivity contribution in [2.75, 3.05) is 18.8 Å². The largest absolute Gasteiger partial charge is 0.382 e. The Balaban J connectivity index is 1.50. The predicted molar refractivity (Wildman–Crippen MR) is 123 cm³/mol. The van der Waals surface area contributed by atoms with Gasteiger partial charge >= 0.3 is 0 Å². The van der Waals surface area contributed by atoms with Crippen molar-refractivity contribution in [2.45, 2.75) is 25.4 Å². The van der Waals surface area contributed by atoms with Gasteiger partial charge in [-0.15, -0.1) is 0 Å². The molecule has 34 heavy (non-hydrogen) atoms. The van der Waals surface area contributed by atoms with E-state index in [0.717, 1.165) is 31.5 Å². The first-order valence-electron chi connectivity index (χ1n) is 10.9. The van der Waals surface area contributed by atoms with Crippen LogP contribution < -0.4 is 21.7 Å². The maximum Gasteiger partial charge on any atom is 0.274 e. The van der Waals surface area contributed by atoms with Gasteiger partial charge in [0.2, 0.25) is 0 Å². The van der Waals surface area contributed by atoms with Crippen molar-refractivity contribution >= 4 is 17.6 Å². The highest BCUT2D eigenvalue weighted by Gasteiger charge is 2.20. The zero-order valence-corrected chi connectivity index (χ0v) is 18.3. The third kappa shape index (κ3) is 5.34. The van der Waals surface area contributed by atoms with Gasteiger partial charge in [0, 0.05) is 35.8 Å². The first-order valence-corrected chi connectivity index (χ1v) is 10.9. The minimum absolute atomic E-state index is 0.00540. The van der Waals surface area contributed by atoms with E-state index in [-0.39, 0.29) is 35.2 Å². The Morgan fingerprint density at radius 2 is 1.88 bits per heavy atom. The van der Waals surface area contributed by atoms with E-state index in [9.17, 15) is 18.4 Å². The molecule has 5 N–H and O–H groups in total. The average molecular weight is 466 g/mol. The van der Waals surface area contributed by atoms with Crippen LogP contribution in [0.4, 0.5) is 14.6 Å².